The Hall–Kier alpha value is -4.04. The summed E-state index contributed by atoms with van der Waals surface area (Å²) in [5.74, 6) is 0.412. The van der Waals surface area contributed by atoms with Crippen LogP contribution >= 0.6 is 0 Å². The molecule has 8 nitrogen and oxygen atoms in total. The third-order valence-electron chi connectivity index (χ3n) is 5.34. The average Bonchev–Trinajstić information content (AvgIpc) is 3.32. The molecule has 0 aliphatic rings. The molecule has 0 aliphatic heterocycles. The van der Waals surface area contributed by atoms with Gasteiger partial charge in [-0.15, -0.1) is 0 Å². The number of likely N-dealkylation sites (N-methyl/N-ethyl adjacent to an activating group) is 1. The second-order valence-corrected chi connectivity index (χ2v) is 7.94. The van der Waals surface area contributed by atoms with Crippen molar-refractivity contribution in [3.63, 3.8) is 0 Å². The van der Waals surface area contributed by atoms with Gasteiger partial charge in [-0.25, -0.2) is 4.79 Å². The van der Waals surface area contributed by atoms with E-state index in [2.05, 4.69) is 4.98 Å². The molecule has 0 aliphatic carbocycles. The molecule has 0 amide bonds. The number of aliphatic carboxylic acids is 1. The monoisotopic (exact) mass is 476 g/mol. The molecule has 4 rings (SSSR count). The minimum atomic E-state index is -1.01. The Morgan fingerprint density at radius 3 is 2.34 bits per heavy atom. The predicted octanol–water partition coefficient (Wildman–Crippen LogP) is 4.43. The van der Waals surface area contributed by atoms with Crippen LogP contribution < -0.4 is 14.4 Å². The molecule has 1 N–H and O–H groups in total. The first-order valence-electron chi connectivity index (χ1n) is 11.4. The second kappa shape index (κ2) is 11.9. The molecule has 0 fully saturated rings. The molecular weight excluding hydrogens is 448 g/mol. The number of nitrogens with zero attached hydrogens (tertiary/aromatic N) is 2. The predicted molar refractivity (Wildman–Crippen MR) is 132 cm³/mol. The van der Waals surface area contributed by atoms with E-state index in [4.69, 9.17) is 18.6 Å². The molecule has 0 bridgehead atoms. The van der Waals surface area contributed by atoms with Crippen LogP contribution in [0.25, 0.3) is 11.1 Å². The highest BCUT2D eigenvalue weighted by atomic mass is 16.5. The number of anilines is 1. The van der Waals surface area contributed by atoms with Crippen molar-refractivity contribution in [3.8, 4) is 11.5 Å². The van der Waals surface area contributed by atoms with Gasteiger partial charge in [-0.05, 0) is 42.0 Å². The number of carboxylic acids is 1. The minimum absolute atomic E-state index is 0.181. The number of hydrogen-bond donors (Lipinski definition) is 1. The Kier molecular flexibility index (Phi) is 8.19. The molecule has 182 valence electrons. The maximum Gasteiger partial charge on any atom is 0.333 e. The van der Waals surface area contributed by atoms with Gasteiger partial charge in [0, 0.05) is 13.5 Å². The molecule has 0 spiro atoms. The normalized spacial score (nSPS) is 11.8. The molecule has 0 radical (unpaired) electrons. The van der Waals surface area contributed by atoms with Crippen molar-refractivity contribution >= 4 is 23.1 Å². The summed E-state index contributed by atoms with van der Waals surface area (Å²) in [5.41, 5.74) is 2.41. The van der Waals surface area contributed by atoms with E-state index < -0.39 is 12.1 Å². The molecule has 1 unspecified atom stereocenters. The lowest BCUT2D eigenvalue weighted by molar-refractivity contribution is -0.150. The SMILES string of the molecule is CN(CCOc1ccc(CC(OCCOc2ccccc2)C(=O)O)cc1)c1nc2ccccc2o1. The number of fused-ring (bicyclic) bond motifs is 1. The summed E-state index contributed by atoms with van der Waals surface area (Å²) in [6, 6.07) is 24.8. The number of carboxylic acid groups (broad SMARTS) is 1. The maximum absolute atomic E-state index is 11.6. The summed E-state index contributed by atoms with van der Waals surface area (Å²) in [6.07, 6.45) is -0.701. The van der Waals surface area contributed by atoms with Crippen LogP contribution in [0.2, 0.25) is 0 Å². The first-order chi connectivity index (χ1) is 17.1. The lowest BCUT2D eigenvalue weighted by Crippen LogP contribution is -2.28. The topological polar surface area (TPSA) is 94.3 Å². The number of para-hydroxylation sites is 3. The first-order valence-corrected chi connectivity index (χ1v) is 11.4. The van der Waals surface area contributed by atoms with Gasteiger partial charge in [0.05, 0.1) is 13.2 Å². The molecule has 1 atom stereocenters. The van der Waals surface area contributed by atoms with Crippen molar-refractivity contribution in [3.05, 3.63) is 84.4 Å². The highest BCUT2D eigenvalue weighted by Gasteiger charge is 2.19. The van der Waals surface area contributed by atoms with Crippen molar-refractivity contribution in [2.45, 2.75) is 12.5 Å². The van der Waals surface area contributed by atoms with E-state index in [9.17, 15) is 9.90 Å². The number of aromatic nitrogens is 1. The van der Waals surface area contributed by atoms with Gasteiger partial charge in [0.15, 0.2) is 11.7 Å². The zero-order valence-electron chi connectivity index (χ0n) is 19.5. The Bertz CT molecular complexity index is 1180. The Labute approximate surface area is 203 Å². The van der Waals surface area contributed by atoms with Crippen LogP contribution in [0.1, 0.15) is 5.56 Å². The first kappa shape index (κ1) is 24.1. The van der Waals surface area contributed by atoms with E-state index in [0.29, 0.717) is 24.9 Å². The van der Waals surface area contributed by atoms with Gasteiger partial charge in [0.1, 0.15) is 30.2 Å². The van der Waals surface area contributed by atoms with Crippen molar-refractivity contribution in [1.29, 1.82) is 0 Å². The summed E-state index contributed by atoms with van der Waals surface area (Å²) in [4.78, 5) is 18.0. The van der Waals surface area contributed by atoms with Gasteiger partial charge < -0.3 is 28.6 Å². The summed E-state index contributed by atoms with van der Waals surface area (Å²) >= 11 is 0. The number of rotatable bonds is 13. The van der Waals surface area contributed by atoms with E-state index in [1.165, 1.54) is 0 Å². The summed E-state index contributed by atoms with van der Waals surface area (Å²) in [5, 5.41) is 9.51. The molecule has 1 heterocycles. The fraction of sp³-hybridized carbons (Fsp3) is 0.259. The number of carbonyl (C=O) groups is 1. The number of hydrogen-bond acceptors (Lipinski definition) is 7. The largest absolute Gasteiger partial charge is 0.492 e. The van der Waals surface area contributed by atoms with Crippen molar-refractivity contribution < 1.29 is 28.5 Å². The van der Waals surface area contributed by atoms with Gasteiger partial charge in [-0.1, -0.05) is 42.5 Å². The van der Waals surface area contributed by atoms with Crippen LogP contribution in [0.3, 0.4) is 0 Å². The number of oxazole rings is 1. The molecule has 3 aromatic carbocycles. The fourth-order valence-corrected chi connectivity index (χ4v) is 3.44. The molecule has 0 saturated carbocycles. The Morgan fingerprint density at radius 1 is 0.914 bits per heavy atom. The van der Waals surface area contributed by atoms with Crippen molar-refractivity contribution in [2.24, 2.45) is 0 Å². The summed E-state index contributed by atoms with van der Waals surface area (Å²) < 4.78 is 22.7. The Morgan fingerprint density at radius 2 is 1.60 bits per heavy atom. The standard InChI is InChI=1S/C27H28N2O6/c1-29(27-28-23-9-5-6-10-24(23)35-27)15-16-32-22-13-11-20(12-14-22)19-25(26(30)31)34-18-17-33-21-7-3-2-4-8-21/h2-14,25H,15-19H2,1H3,(H,30,31). The van der Waals surface area contributed by atoms with Gasteiger partial charge in [0.25, 0.3) is 6.01 Å². The molecule has 8 heteroatoms. The maximum atomic E-state index is 11.6. The van der Waals surface area contributed by atoms with E-state index in [1.54, 1.807) is 0 Å². The van der Waals surface area contributed by atoms with Gasteiger partial charge in [0.2, 0.25) is 0 Å². The minimum Gasteiger partial charge on any atom is -0.492 e. The lowest BCUT2D eigenvalue weighted by Gasteiger charge is -2.16. The zero-order valence-corrected chi connectivity index (χ0v) is 19.5. The van der Waals surface area contributed by atoms with Crippen molar-refractivity contribution in [2.75, 3.05) is 38.3 Å². The summed E-state index contributed by atoms with van der Waals surface area (Å²) in [7, 11) is 1.90. The summed E-state index contributed by atoms with van der Waals surface area (Å²) in [6.45, 7) is 1.49. The van der Waals surface area contributed by atoms with E-state index in [1.807, 2.05) is 90.8 Å². The molecule has 35 heavy (non-hydrogen) atoms. The molecular formula is C27H28N2O6. The highest BCUT2D eigenvalue weighted by molar-refractivity contribution is 5.74. The lowest BCUT2D eigenvalue weighted by atomic mass is 10.1. The Balaban J connectivity index is 1.20. The fourth-order valence-electron chi connectivity index (χ4n) is 3.44. The van der Waals surface area contributed by atoms with Crippen LogP contribution in [0.5, 0.6) is 11.5 Å². The van der Waals surface area contributed by atoms with Crippen LogP contribution in [0.15, 0.2) is 83.3 Å². The quantitative estimate of drug-likeness (QED) is 0.283. The zero-order chi connectivity index (χ0) is 24.5. The smallest absolute Gasteiger partial charge is 0.333 e. The third kappa shape index (κ3) is 6.97. The van der Waals surface area contributed by atoms with E-state index >= 15 is 0 Å². The highest BCUT2D eigenvalue weighted by Crippen LogP contribution is 2.21. The van der Waals surface area contributed by atoms with Crippen molar-refractivity contribution in [1.82, 2.24) is 4.98 Å². The number of ether oxygens (including phenoxy) is 3. The third-order valence-corrected chi connectivity index (χ3v) is 5.34. The molecule has 4 aromatic rings. The van der Waals surface area contributed by atoms with Crippen LogP contribution in [-0.4, -0.2) is 55.6 Å². The van der Waals surface area contributed by atoms with Gasteiger partial charge >= 0.3 is 5.97 Å². The van der Waals surface area contributed by atoms with Crippen LogP contribution in [-0.2, 0) is 16.0 Å². The molecule has 1 aromatic heterocycles. The van der Waals surface area contributed by atoms with Crippen LogP contribution in [0.4, 0.5) is 6.01 Å². The molecule has 0 saturated heterocycles. The van der Waals surface area contributed by atoms with Gasteiger partial charge in [-0.3, -0.25) is 0 Å². The van der Waals surface area contributed by atoms with E-state index in [-0.39, 0.29) is 19.6 Å². The van der Waals surface area contributed by atoms with E-state index in [0.717, 1.165) is 22.4 Å². The average molecular weight is 477 g/mol. The van der Waals surface area contributed by atoms with Gasteiger partial charge in [-0.2, -0.15) is 4.98 Å². The second-order valence-electron chi connectivity index (χ2n) is 7.94. The number of benzene rings is 3. The van der Waals surface area contributed by atoms with Crippen LogP contribution in [0, 0.1) is 0 Å².